The van der Waals surface area contributed by atoms with E-state index in [9.17, 15) is 4.79 Å². The summed E-state index contributed by atoms with van der Waals surface area (Å²) in [7, 11) is 0. The van der Waals surface area contributed by atoms with Crippen LogP contribution in [0.5, 0.6) is 0 Å². The molecule has 1 saturated heterocycles. The van der Waals surface area contributed by atoms with E-state index in [4.69, 9.17) is 5.73 Å². The molecule has 0 bridgehead atoms. The van der Waals surface area contributed by atoms with Crippen molar-refractivity contribution in [1.29, 1.82) is 0 Å². The van der Waals surface area contributed by atoms with Gasteiger partial charge in [0.25, 0.3) is 0 Å². The molecule has 1 aromatic rings. The predicted molar refractivity (Wildman–Crippen MR) is 87.1 cm³/mol. The standard InChI is InChI=1S/C18H28N2O/c1-14(19)16-11-7-8-12-20(16)17(21)13-18(2,3)15-9-5-4-6-10-15/h4-6,9-10,14,16H,7-8,11-13,19H2,1-3H3. The molecular weight excluding hydrogens is 260 g/mol. The van der Waals surface area contributed by atoms with Crippen LogP contribution in [0.1, 0.15) is 52.0 Å². The van der Waals surface area contributed by atoms with Crippen molar-refractivity contribution in [2.45, 2.75) is 64.0 Å². The molecule has 2 unspecified atom stereocenters. The second kappa shape index (κ2) is 6.61. The first-order valence-corrected chi connectivity index (χ1v) is 8.02. The Bertz CT molecular complexity index is 467. The first-order valence-electron chi connectivity index (χ1n) is 8.02. The van der Waals surface area contributed by atoms with Gasteiger partial charge in [0, 0.05) is 25.0 Å². The molecule has 1 fully saturated rings. The van der Waals surface area contributed by atoms with E-state index >= 15 is 0 Å². The van der Waals surface area contributed by atoms with Crippen molar-refractivity contribution in [2.75, 3.05) is 6.54 Å². The van der Waals surface area contributed by atoms with Crippen molar-refractivity contribution in [3.8, 4) is 0 Å². The molecule has 1 aliphatic heterocycles. The van der Waals surface area contributed by atoms with Crippen LogP contribution in [-0.2, 0) is 10.2 Å². The highest BCUT2D eigenvalue weighted by atomic mass is 16.2. The third-order valence-corrected chi connectivity index (χ3v) is 4.62. The van der Waals surface area contributed by atoms with Crippen LogP contribution in [0.2, 0.25) is 0 Å². The first-order chi connectivity index (χ1) is 9.92. The Hall–Kier alpha value is -1.35. The SMILES string of the molecule is CC(N)C1CCCCN1C(=O)CC(C)(C)c1ccccc1. The Balaban J connectivity index is 2.09. The average Bonchev–Trinajstić information content (AvgIpc) is 2.47. The summed E-state index contributed by atoms with van der Waals surface area (Å²) < 4.78 is 0. The van der Waals surface area contributed by atoms with Crippen LogP contribution >= 0.6 is 0 Å². The van der Waals surface area contributed by atoms with Crippen LogP contribution in [0.25, 0.3) is 0 Å². The number of piperidine rings is 1. The number of hydrogen-bond donors (Lipinski definition) is 1. The number of amides is 1. The maximum Gasteiger partial charge on any atom is 0.223 e. The van der Waals surface area contributed by atoms with E-state index in [1.54, 1.807) is 0 Å². The fourth-order valence-electron chi connectivity index (χ4n) is 3.28. The maximum absolute atomic E-state index is 12.8. The molecule has 2 atom stereocenters. The summed E-state index contributed by atoms with van der Waals surface area (Å²) in [6.07, 6.45) is 3.86. The zero-order chi connectivity index (χ0) is 15.5. The summed E-state index contributed by atoms with van der Waals surface area (Å²) in [6, 6.07) is 10.5. The quantitative estimate of drug-likeness (QED) is 0.925. The smallest absolute Gasteiger partial charge is 0.223 e. The molecule has 0 aliphatic carbocycles. The van der Waals surface area contributed by atoms with Crippen molar-refractivity contribution in [3.05, 3.63) is 35.9 Å². The molecule has 3 nitrogen and oxygen atoms in total. The molecule has 3 heteroatoms. The minimum Gasteiger partial charge on any atom is -0.338 e. The van der Waals surface area contributed by atoms with Crippen LogP contribution in [-0.4, -0.2) is 29.4 Å². The monoisotopic (exact) mass is 288 g/mol. The van der Waals surface area contributed by atoms with E-state index in [-0.39, 0.29) is 23.4 Å². The Morgan fingerprint density at radius 2 is 2.00 bits per heavy atom. The van der Waals surface area contributed by atoms with Gasteiger partial charge in [-0.3, -0.25) is 4.79 Å². The highest BCUT2D eigenvalue weighted by molar-refractivity contribution is 5.78. The Kier molecular flexibility index (Phi) is 5.04. The molecule has 1 aromatic carbocycles. The maximum atomic E-state index is 12.8. The lowest BCUT2D eigenvalue weighted by Gasteiger charge is -2.39. The third kappa shape index (κ3) is 3.85. The normalized spacial score (nSPS) is 21.1. The molecule has 0 saturated carbocycles. The fourth-order valence-corrected chi connectivity index (χ4v) is 3.28. The van der Waals surface area contributed by atoms with Crippen LogP contribution < -0.4 is 5.73 Å². The molecule has 21 heavy (non-hydrogen) atoms. The molecule has 2 rings (SSSR count). The highest BCUT2D eigenvalue weighted by Gasteiger charge is 2.33. The molecule has 116 valence electrons. The average molecular weight is 288 g/mol. The lowest BCUT2D eigenvalue weighted by atomic mass is 9.80. The number of benzene rings is 1. The summed E-state index contributed by atoms with van der Waals surface area (Å²) in [6.45, 7) is 7.16. The number of nitrogens with two attached hydrogens (primary N) is 1. The second-order valence-electron chi connectivity index (χ2n) is 6.94. The van der Waals surface area contributed by atoms with Gasteiger partial charge in [-0.15, -0.1) is 0 Å². The van der Waals surface area contributed by atoms with Gasteiger partial charge in [-0.2, -0.15) is 0 Å². The molecule has 1 heterocycles. The van der Waals surface area contributed by atoms with Crippen molar-refractivity contribution < 1.29 is 4.79 Å². The minimum atomic E-state index is -0.141. The minimum absolute atomic E-state index is 0.0501. The Labute approximate surface area is 128 Å². The van der Waals surface area contributed by atoms with E-state index in [2.05, 4.69) is 26.0 Å². The van der Waals surface area contributed by atoms with E-state index < -0.39 is 0 Å². The van der Waals surface area contributed by atoms with Crippen molar-refractivity contribution >= 4 is 5.91 Å². The van der Waals surface area contributed by atoms with Gasteiger partial charge >= 0.3 is 0 Å². The van der Waals surface area contributed by atoms with Gasteiger partial charge in [0.2, 0.25) is 5.91 Å². The summed E-state index contributed by atoms with van der Waals surface area (Å²) in [5.41, 5.74) is 7.15. The summed E-state index contributed by atoms with van der Waals surface area (Å²) in [5, 5.41) is 0. The first kappa shape index (κ1) is 16.0. The number of rotatable bonds is 4. The number of likely N-dealkylation sites (tertiary alicyclic amines) is 1. The third-order valence-electron chi connectivity index (χ3n) is 4.62. The number of hydrogen-bond acceptors (Lipinski definition) is 2. The van der Waals surface area contributed by atoms with Gasteiger partial charge in [0.05, 0.1) is 0 Å². The lowest BCUT2D eigenvalue weighted by Crippen LogP contribution is -2.52. The zero-order valence-corrected chi connectivity index (χ0v) is 13.5. The fraction of sp³-hybridized carbons (Fsp3) is 0.611. The molecule has 1 aliphatic rings. The number of carbonyl (C=O) groups is 1. The molecule has 0 aromatic heterocycles. The van der Waals surface area contributed by atoms with E-state index in [1.807, 2.05) is 30.0 Å². The van der Waals surface area contributed by atoms with E-state index in [0.717, 1.165) is 19.4 Å². The van der Waals surface area contributed by atoms with Crippen LogP contribution in [0.3, 0.4) is 0 Å². The topological polar surface area (TPSA) is 46.3 Å². The van der Waals surface area contributed by atoms with Crippen LogP contribution in [0.4, 0.5) is 0 Å². The van der Waals surface area contributed by atoms with Gasteiger partial charge in [0.1, 0.15) is 0 Å². The van der Waals surface area contributed by atoms with E-state index in [0.29, 0.717) is 6.42 Å². The summed E-state index contributed by atoms with van der Waals surface area (Å²) >= 11 is 0. The molecule has 2 N–H and O–H groups in total. The Morgan fingerprint density at radius 3 is 2.62 bits per heavy atom. The van der Waals surface area contributed by atoms with Gasteiger partial charge < -0.3 is 10.6 Å². The van der Waals surface area contributed by atoms with Crippen molar-refractivity contribution in [1.82, 2.24) is 4.90 Å². The van der Waals surface area contributed by atoms with Gasteiger partial charge in [-0.05, 0) is 37.2 Å². The summed E-state index contributed by atoms with van der Waals surface area (Å²) in [5.74, 6) is 0.242. The largest absolute Gasteiger partial charge is 0.338 e. The Morgan fingerprint density at radius 1 is 1.33 bits per heavy atom. The predicted octanol–water partition coefficient (Wildman–Crippen LogP) is 3.08. The molecule has 0 radical (unpaired) electrons. The van der Waals surface area contributed by atoms with E-state index in [1.165, 1.54) is 12.0 Å². The number of carbonyl (C=O) groups excluding carboxylic acids is 1. The number of nitrogens with zero attached hydrogens (tertiary/aromatic N) is 1. The molecule has 0 spiro atoms. The van der Waals surface area contributed by atoms with Gasteiger partial charge in [-0.1, -0.05) is 44.2 Å². The van der Waals surface area contributed by atoms with Gasteiger partial charge in [0.15, 0.2) is 0 Å². The van der Waals surface area contributed by atoms with Crippen molar-refractivity contribution in [3.63, 3.8) is 0 Å². The second-order valence-corrected chi connectivity index (χ2v) is 6.94. The molecule has 1 amide bonds. The van der Waals surface area contributed by atoms with Crippen molar-refractivity contribution in [2.24, 2.45) is 5.73 Å². The molecular formula is C18H28N2O. The highest BCUT2D eigenvalue weighted by Crippen LogP contribution is 2.29. The zero-order valence-electron chi connectivity index (χ0n) is 13.5. The lowest BCUT2D eigenvalue weighted by molar-refractivity contribution is -0.136. The van der Waals surface area contributed by atoms with Gasteiger partial charge in [-0.25, -0.2) is 0 Å². The van der Waals surface area contributed by atoms with Crippen LogP contribution in [0.15, 0.2) is 30.3 Å². The van der Waals surface area contributed by atoms with Crippen LogP contribution in [0, 0.1) is 0 Å². The summed E-state index contributed by atoms with van der Waals surface area (Å²) in [4.78, 5) is 14.8.